The lowest BCUT2D eigenvalue weighted by Gasteiger charge is -2.20. The van der Waals surface area contributed by atoms with Crippen molar-refractivity contribution in [2.24, 2.45) is 5.92 Å². The largest absolute Gasteiger partial charge is 0.481 e. The number of halogens is 3. The summed E-state index contributed by atoms with van der Waals surface area (Å²) in [4.78, 5) is 12.9. The highest BCUT2D eigenvalue weighted by molar-refractivity contribution is 5.72. The molecule has 1 aliphatic heterocycles. The van der Waals surface area contributed by atoms with Crippen molar-refractivity contribution in [2.75, 3.05) is 20.1 Å². The summed E-state index contributed by atoms with van der Waals surface area (Å²) >= 11 is 0. The number of rotatable bonds is 2. The molecule has 2 rings (SSSR count). The van der Waals surface area contributed by atoms with Crippen LogP contribution in [0.15, 0.2) is 24.3 Å². The maximum atomic E-state index is 13.0. The van der Waals surface area contributed by atoms with Gasteiger partial charge >= 0.3 is 12.1 Å². The number of hydrogen-bond donors (Lipinski definition) is 1. The minimum absolute atomic E-state index is 0.0757. The molecule has 0 aromatic heterocycles. The number of carboxylic acid groups (broad SMARTS) is 1. The number of carbonyl (C=O) groups is 1. The van der Waals surface area contributed by atoms with Crippen molar-refractivity contribution in [3.8, 4) is 0 Å². The van der Waals surface area contributed by atoms with Gasteiger partial charge < -0.3 is 10.0 Å². The maximum absolute atomic E-state index is 13.0. The van der Waals surface area contributed by atoms with Crippen molar-refractivity contribution < 1.29 is 23.1 Å². The number of alkyl halides is 3. The molecule has 1 heterocycles. The molecule has 0 aliphatic carbocycles. The van der Waals surface area contributed by atoms with Gasteiger partial charge in [0.05, 0.1) is 11.5 Å². The number of aliphatic carboxylic acids is 1. The Morgan fingerprint density at radius 2 is 1.95 bits per heavy atom. The van der Waals surface area contributed by atoms with Crippen molar-refractivity contribution in [2.45, 2.75) is 12.1 Å². The lowest BCUT2D eigenvalue weighted by molar-refractivity contribution is -0.143. The molecule has 1 aliphatic rings. The van der Waals surface area contributed by atoms with Crippen molar-refractivity contribution in [1.29, 1.82) is 0 Å². The van der Waals surface area contributed by atoms with Gasteiger partial charge in [-0.1, -0.05) is 18.2 Å². The first-order valence-corrected chi connectivity index (χ1v) is 5.88. The second-order valence-electron chi connectivity index (χ2n) is 4.86. The third-order valence-electron chi connectivity index (χ3n) is 3.49. The van der Waals surface area contributed by atoms with E-state index in [0.29, 0.717) is 6.54 Å². The predicted octanol–water partition coefficient (Wildman–Crippen LogP) is 2.44. The molecule has 0 spiro atoms. The minimum Gasteiger partial charge on any atom is -0.481 e. The third kappa shape index (κ3) is 2.73. The lowest BCUT2D eigenvalue weighted by atomic mass is 9.86. The van der Waals surface area contributed by atoms with Gasteiger partial charge in [0, 0.05) is 19.0 Å². The Balaban J connectivity index is 2.44. The zero-order valence-corrected chi connectivity index (χ0v) is 10.3. The maximum Gasteiger partial charge on any atom is 0.416 e. The number of benzene rings is 1. The van der Waals surface area contributed by atoms with Crippen LogP contribution >= 0.6 is 0 Å². The Labute approximate surface area is 108 Å². The third-order valence-corrected chi connectivity index (χ3v) is 3.49. The van der Waals surface area contributed by atoms with Gasteiger partial charge in [-0.15, -0.1) is 0 Å². The molecule has 0 radical (unpaired) electrons. The molecule has 6 heteroatoms. The zero-order valence-electron chi connectivity index (χ0n) is 10.3. The van der Waals surface area contributed by atoms with Crippen LogP contribution < -0.4 is 0 Å². The number of nitrogens with zero attached hydrogens (tertiary/aromatic N) is 1. The molecule has 1 aromatic carbocycles. The fraction of sp³-hybridized carbons (Fsp3) is 0.462. The molecular formula is C13H14F3NO2. The summed E-state index contributed by atoms with van der Waals surface area (Å²) in [6, 6.07) is 5.22. The smallest absolute Gasteiger partial charge is 0.416 e. The van der Waals surface area contributed by atoms with Crippen LogP contribution in [0.5, 0.6) is 0 Å². The van der Waals surface area contributed by atoms with E-state index in [1.807, 2.05) is 0 Å². The number of carboxylic acids is 1. The first kappa shape index (κ1) is 13.9. The van der Waals surface area contributed by atoms with Crippen LogP contribution in [0.25, 0.3) is 0 Å². The Bertz CT molecular complexity index is 487. The van der Waals surface area contributed by atoms with E-state index in [4.69, 9.17) is 5.11 Å². The van der Waals surface area contributed by atoms with Gasteiger partial charge in [-0.25, -0.2) is 0 Å². The van der Waals surface area contributed by atoms with E-state index in [-0.39, 0.29) is 12.1 Å². The Morgan fingerprint density at radius 3 is 2.53 bits per heavy atom. The predicted molar refractivity (Wildman–Crippen MR) is 62.8 cm³/mol. The van der Waals surface area contributed by atoms with Gasteiger partial charge in [-0.2, -0.15) is 13.2 Å². The van der Waals surface area contributed by atoms with Crippen LogP contribution in [0, 0.1) is 5.92 Å². The van der Waals surface area contributed by atoms with Crippen LogP contribution in [-0.2, 0) is 11.0 Å². The topological polar surface area (TPSA) is 40.5 Å². The van der Waals surface area contributed by atoms with E-state index in [0.717, 1.165) is 6.07 Å². The average molecular weight is 273 g/mol. The SMILES string of the molecule is CN1CC(C(=O)O)C(c2ccccc2C(F)(F)F)C1. The highest BCUT2D eigenvalue weighted by Crippen LogP contribution is 2.40. The fourth-order valence-electron chi connectivity index (χ4n) is 2.64. The number of hydrogen-bond acceptors (Lipinski definition) is 2. The van der Waals surface area contributed by atoms with Crippen molar-refractivity contribution in [3.63, 3.8) is 0 Å². The summed E-state index contributed by atoms with van der Waals surface area (Å²) < 4.78 is 38.9. The normalized spacial score (nSPS) is 24.6. The highest BCUT2D eigenvalue weighted by Gasteiger charge is 2.42. The van der Waals surface area contributed by atoms with Gasteiger partial charge in [-0.05, 0) is 18.7 Å². The molecule has 104 valence electrons. The van der Waals surface area contributed by atoms with Gasteiger partial charge in [0.1, 0.15) is 0 Å². The van der Waals surface area contributed by atoms with Crippen LogP contribution in [0.3, 0.4) is 0 Å². The van der Waals surface area contributed by atoms with Gasteiger partial charge in [-0.3, -0.25) is 4.79 Å². The molecule has 1 fully saturated rings. The van der Waals surface area contributed by atoms with Gasteiger partial charge in [0.25, 0.3) is 0 Å². The average Bonchev–Trinajstić information content (AvgIpc) is 2.70. The molecule has 1 saturated heterocycles. The van der Waals surface area contributed by atoms with Crippen LogP contribution in [0.4, 0.5) is 13.2 Å². The Morgan fingerprint density at radius 1 is 1.32 bits per heavy atom. The molecule has 2 atom stereocenters. The Kier molecular flexibility index (Phi) is 3.54. The summed E-state index contributed by atoms with van der Waals surface area (Å²) in [6.07, 6.45) is -4.46. The second-order valence-corrected chi connectivity index (χ2v) is 4.86. The fourth-order valence-corrected chi connectivity index (χ4v) is 2.64. The molecule has 0 saturated carbocycles. The molecule has 1 N–H and O–H groups in total. The first-order chi connectivity index (χ1) is 8.80. The van der Waals surface area contributed by atoms with Crippen LogP contribution in [-0.4, -0.2) is 36.1 Å². The number of likely N-dealkylation sites (tertiary alicyclic amines) is 1. The zero-order chi connectivity index (χ0) is 14.2. The first-order valence-electron chi connectivity index (χ1n) is 5.88. The van der Waals surface area contributed by atoms with Crippen LogP contribution in [0.2, 0.25) is 0 Å². The van der Waals surface area contributed by atoms with E-state index < -0.39 is 29.5 Å². The molecule has 0 bridgehead atoms. The minimum atomic E-state index is -4.46. The molecule has 3 nitrogen and oxygen atoms in total. The van der Waals surface area contributed by atoms with E-state index in [1.54, 1.807) is 11.9 Å². The van der Waals surface area contributed by atoms with Crippen molar-refractivity contribution in [1.82, 2.24) is 4.90 Å². The quantitative estimate of drug-likeness (QED) is 0.899. The van der Waals surface area contributed by atoms with Crippen molar-refractivity contribution >= 4 is 5.97 Å². The molecule has 1 aromatic rings. The molecule has 2 unspecified atom stereocenters. The number of likely N-dealkylation sites (N-methyl/N-ethyl adjacent to an activating group) is 1. The van der Waals surface area contributed by atoms with E-state index in [9.17, 15) is 18.0 Å². The van der Waals surface area contributed by atoms with E-state index in [1.165, 1.54) is 18.2 Å². The molecular weight excluding hydrogens is 259 g/mol. The van der Waals surface area contributed by atoms with Gasteiger partial charge in [0.2, 0.25) is 0 Å². The molecule has 0 amide bonds. The summed E-state index contributed by atoms with van der Waals surface area (Å²) in [5.41, 5.74) is -0.659. The van der Waals surface area contributed by atoms with E-state index in [2.05, 4.69) is 0 Å². The standard InChI is InChI=1S/C13H14F3NO2/c1-17-6-9(10(7-17)12(18)19)8-4-2-3-5-11(8)13(14,15)16/h2-5,9-10H,6-7H2,1H3,(H,18,19). The highest BCUT2D eigenvalue weighted by atomic mass is 19.4. The Hall–Kier alpha value is -1.56. The van der Waals surface area contributed by atoms with Gasteiger partial charge in [0.15, 0.2) is 0 Å². The van der Waals surface area contributed by atoms with Crippen molar-refractivity contribution in [3.05, 3.63) is 35.4 Å². The second kappa shape index (κ2) is 4.85. The summed E-state index contributed by atoms with van der Waals surface area (Å²) in [6.45, 7) is 0.594. The van der Waals surface area contributed by atoms with Crippen LogP contribution in [0.1, 0.15) is 17.0 Å². The summed E-state index contributed by atoms with van der Waals surface area (Å²) in [5, 5.41) is 9.15. The monoisotopic (exact) mass is 273 g/mol. The van der Waals surface area contributed by atoms with E-state index >= 15 is 0 Å². The summed E-state index contributed by atoms with van der Waals surface area (Å²) in [7, 11) is 1.71. The summed E-state index contributed by atoms with van der Waals surface area (Å²) in [5.74, 6) is -2.47. The lowest BCUT2D eigenvalue weighted by Crippen LogP contribution is -2.23. The molecule has 19 heavy (non-hydrogen) atoms.